The first-order chi connectivity index (χ1) is 8.36. The van der Waals surface area contributed by atoms with Gasteiger partial charge in [0.15, 0.2) is 0 Å². The molecular formula is C13H15N3O. The van der Waals surface area contributed by atoms with E-state index in [1.54, 1.807) is 18.5 Å². The second kappa shape index (κ2) is 6.08. The monoisotopic (exact) mass is 229 g/mol. The maximum absolute atomic E-state index is 9.90. The predicted molar refractivity (Wildman–Crippen MR) is 65.1 cm³/mol. The van der Waals surface area contributed by atoms with Crippen LogP contribution >= 0.6 is 0 Å². The van der Waals surface area contributed by atoms with Crippen molar-refractivity contribution in [1.82, 2.24) is 15.3 Å². The number of hydrogen-bond acceptors (Lipinski definition) is 4. The highest BCUT2D eigenvalue weighted by molar-refractivity contribution is 5.17. The molecule has 0 saturated carbocycles. The molecule has 88 valence electrons. The molecule has 4 nitrogen and oxygen atoms in total. The Bertz CT molecular complexity index is 433. The molecule has 0 saturated heterocycles. The predicted octanol–water partition coefficient (Wildman–Crippen LogP) is 1.30. The summed E-state index contributed by atoms with van der Waals surface area (Å²) in [5.41, 5.74) is 0.911. The van der Waals surface area contributed by atoms with Crippen LogP contribution in [0, 0.1) is 0 Å². The molecule has 0 amide bonds. The van der Waals surface area contributed by atoms with Crippen LogP contribution in [-0.2, 0) is 6.54 Å². The van der Waals surface area contributed by atoms with Crippen LogP contribution in [0.1, 0.15) is 17.5 Å². The Hall–Kier alpha value is -1.78. The molecule has 0 bridgehead atoms. The number of benzene rings is 1. The van der Waals surface area contributed by atoms with Crippen LogP contribution in [0.3, 0.4) is 0 Å². The van der Waals surface area contributed by atoms with Crippen molar-refractivity contribution in [3.05, 3.63) is 60.2 Å². The van der Waals surface area contributed by atoms with Crippen molar-refractivity contribution in [3.63, 3.8) is 0 Å². The van der Waals surface area contributed by atoms with Gasteiger partial charge < -0.3 is 10.4 Å². The number of hydrogen-bond donors (Lipinski definition) is 2. The lowest BCUT2D eigenvalue weighted by Gasteiger charge is -2.11. The van der Waals surface area contributed by atoms with Crippen LogP contribution < -0.4 is 5.32 Å². The van der Waals surface area contributed by atoms with E-state index < -0.39 is 6.10 Å². The van der Waals surface area contributed by atoms with Gasteiger partial charge >= 0.3 is 0 Å². The summed E-state index contributed by atoms with van der Waals surface area (Å²) in [6.45, 7) is 1.05. The average Bonchev–Trinajstić information content (AvgIpc) is 2.41. The molecule has 2 N–H and O–H groups in total. The Balaban J connectivity index is 1.79. The van der Waals surface area contributed by atoms with E-state index in [1.165, 1.54) is 0 Å². The van der Waals surface area contributed by atoms with E-state index in [0.29, 0.717) is 13.1 Å². The van der Waals surface area contributed by atoms with Gasteiger partial charge in [0.1, 0.15) is 5.82 Å². The standard InChI is InChI=1S/C13H15N3O/c17-12(11-5-2-1-3-6-11)9-14-10-13-15-7-4-8-16-13/h1-8,12,14,17H,9-10H2. The molecule has 2 aromatic rings. The Kier molecular flexibility index (Phi) is 4.18. The van der Waals surface area contributed by atoms with Crippen LogP contribution in [0.5, 0.6) is 0 Å². The minimum absolute atomic E-state index is 0.488. The highest BCUT2D eigenvalue weighted by Gasteiger charge is 2.05. The largest absolute Gasteiger partial charge is 0.387 e. The molecular weight excluding hydrogens is 214 g/mol. The quantitative estimate of drug-likeness (QED) is 0.811. The van der Waals surface area contributed by atoms with Gasteiger partial charge in [-0.05, 0) is 11.6 Å². The first kappa shape index (κ1) is 11.7. The van der Waals surface area contributed by atoms with Gasteiger partial charge in [-0.15, -0.1) is 0 Å². The van der Waals surface area contributed by atoms with E-state index in [2.05, 4.69) is 15.3 Å². The minimum Gasteiger partial charge on any atom is -0.387 e. The minimum atomic E-state index is -0.500. The molecule has 0 spiro atoms. The molecule has 4 heteroatoms. The maximum Gasteiger partial charge on any atom is 0.141 e. The molecule has 0 aliphatic rings. The van der Waals surface area contributed by atoms with Crippen LogP contribution in [0.25, 0.3) is 0 Å². The van der Waals surface area contributed by atoms with Crippen molar-refractivity contribution in [1.29, 1.82) is 0 Å². The molecule has 0 aliphatic heterocycles. The molecule has 1 atom stereocenters. The van der Waals surface area contributed by atoms with Gasteiger partial charge in [-0.25, -0.2) is 9.97 Å². The Morgan fingerprint density at radius 3 is 2.47 bits per heavy atom. The molecule has 0 radical (unpaired) electrons. The summed E-state index contributed by atoms with van der Waals surface area (Å²) >= 11 is 0. The molecule has 1 aromatic carbocycles. The fourth-order valence-corrected chi connectivity index (χ4v) is 1.53. The summed E-state index contributed by atoms with van der Waals surface area (Å²) in [7, 11) is 0. The fourth-order valence-electron chi connectivity index (χ4n) is 1.53. The molecule has 1 aromatic heterocycles. The number of aromatic nitrogens is 2. The van der Waals surface area contributed by atoms with E-state index in [4.69, 9.17) is 0 Å². The van der Waals surface area contributed by atoms with Gasteiger partial charge in [-0.3, -0.25) is 0 Å². The average molecular weight is 229 g/mol. The summed E-state index contributed by atoms with van der Waals surface area (Å²) in [5.74, 6) is 0.729. The summed E-state index contributed by atoms with van der Waals surface area (Å²) in [4.78, 5) is 8.19. The zero-order chi connectivity index (χ0) is 11.9. The molecule has 0 aliphatic carbocycles. The number of nitrogens with zero attached hydrogens (tertiary/aromatic N) is 2. The van der Waals surface area contributed by atoms with Crippen molar-refractivity contribution in [2.45, 2.75) is 12.6 Å². The Morgan fingerprint density at radius 2 is 1.76 bits per heavy atom. The van der Waals surface area contributed by atoms with Gasteiger partial charge in [0.05, 0.1) is 12.6 Å². The second-order valence-electron chi connectivity index (χ2n) is 3.72. The van der Waals surface area contributed by atoms with Gasteiger partial charge in [0, 0.05) is 18.9 Å². The van der Waals surface area contributed by atoms with Crippen LogP contribution in [0.15, 0.2) is 48.8 Å². The van der Waals surface area contributed by atoms with Crippen molar-refractivity contribution < 1.29 is 5.11 Å². The molecule has 2 rings (SSSR count). The topological polar surface area (TPSA) is 58.0 Å². The zero-order valence-corrected chi connectivity index (χ0v) is 9.45. The van der Waals surface area contributed by atoms with Crippen molar-refractivity contribution >= 4 is 0 Å². The lowest BCUT2D eigenvalue weighted by Crippen LogP contribution is -2.22. The number of aliphatic hydroxyl groups excluding tert-OH is 1. The van der Waals surface area contributed by atoms with Crippen molar-refractivity contribution in [3.8, 4) is 0 Å². The normalized spacial score (nSPS) is 12.3. The number of rotatable bonds is 5. The maximum atomic E-state index is 9.90. The van der Waals surface area contributed by atoms with Gasteiger partial charge in [0.25, 0.3) is 0 Å². The summed E-state index contributed by atoms with van der Waals surface area (Å²) in [6.07, 6.45) is 2.91. The first-order valence-electron chi connectivity index (χ1n) is 5.56. The highest BCUT2D eigenvalue weighted by Crippen LogP contribution is 2.10. The first-order valence-corrected chi connectivity index (χ1v) is 5.56. The summed E-state index contributed by atoms with van der Waals surface area (Å²) in [6, 6.07) is 11.4. The second-order valence-corrected chi connectivity index (χ2v) is 3.72. The fraction of sp³-hybridized carbons (Fsp3) is 0.231. The highest BCUT2D eigenvalue weighted by atomic mass is 16.3. The van der Waals surface area contributed by atoms with Gasteiger partial charge in [-0.2, -0.15) is 0 Å². The van der Waals surface area contributed by atoms with Crippen molar-refractivity contribution in [2.75, 3.05) is 6.54 Å². The zero-order valence-electron chi connectivity index (χ0n) is 9.45. The SMILES string of the molecule is OC(CNCc1ncccn1)c1ccccc1. The van der Waals surface area contributed by atoms with Crippen LogP contribution in [0.2, 0.25) is 0 Å². The molecule has 0 fully saturated rings. The molecule has 17 heavy (non-hydrogen) atoms. The summed E-state index contributed by atoms with van der Waals surface area (Å²) in [5, 5.41) is 13.0. The van der Waals surface area contributed by atoms with Crippen molar-refractivity contribution in [2.24, 2.45) is 0 Å². The smallest absolute Gasteiger partial charge is 0.141 e. The third-order valence-electron chi connectivity index (χ3n) is 2.42. The lowest BCUT2D eigenvalue weighted by atomic mass is 10.1. The third kappa shape index (κ3) is 3.62. The van der Waals surface area contributed by atoms with E-state index in [1.807, 2.05) is 30.3 Å². The van der Waals surface area contributed by atoms with Crippen LogP contribution in [0.4, 0.5) is 0 Å². The Morgan fingerprint density at radius 1 is 1.06 bits per heavy atom. The van der Waals surface area contributed by atoms with Crippen LogP contribution in [-0.4, -0.2) is 21.6 Å². The van der Waals surface area contributed by atoms with E-state index in [9.17, 15) is 5.11 Å². The lowest BCUT2D eigenvalue weighted by molar-refractivity contribution is 0.174. The van der Waals surface area contributed by atoms with E-state index in [0.717, 1.165) is 11.4 Å². The third-order valence-corrected chi connectivity index (χ3v) is 2.42. The number of nitrogens with one attached hydrogen (secondary N) is 1. The van der Waals surface area contributed by atoms with E-state index in [-0.39, 0.29) is 0 Å². The molecule has 1 heterocycles. The van der Waals surface area contributed by atoms with E-state index >= 15 is 0 Å². The summed E-state index contributed by atoms with van der Waals surface area (Å²) < 4.78 is 0. The molecule has 1 unspecified atom stereocenters. The number of aliphatic hydroxyl groups is 1. The van der Waals surface area contributed by atoms with Gasteiger partial charge in [-0.1, -0.05) is 30.3 Å². The Labute approximate surface area is 100 Å². The van der Waals surface area contributed by atoms with Gasteiger partial charge in [0.2, 0.25) is 0 Å².